The van der Waals surface area contributed by atoms with Gasteiger partial charge in [-0.2, -0.15) is 0 Å². The van der Waals surface area contributed by atoms with Gasteiger partial charge >= 0.3 is 5.97 Å². The zero-order chi connectivity index (χ0) is 13.0. The van der Waals surface area contributed by atoms with E-state index < -0.39 is 18.2 Å². The van der Waals surface area contributed by atoms with Crippen LogP contribution in [0.2, 0.25) is 0 Å². The molecule has 1 amide bonds. The Morgan fingerprint density at radius 1 is 1.06 bits per heavy atom. The van der Waals surface area contributed by atoms with Crippen LogP contribution in [0, 0.1) is 5.92 Å². The molecule has 1 saturated carbocycles. The molecule has 2 fully saturated rings. The summed E-state index contributed by atoms with van der Waals surface area (Å²) in [6.45, 7) is 0.705. The number of carboxylic acid groups (broad SMARTS) is 1. The third-order valence-corrected chi connectivity index (χ3v) is 3.88. The van der Waals surface area contributed by atoms with E-state index in [2.05, 4.69) is 5.32 Å². The number of hydrogen-bond acceptors (Lipinski definition) is 3. The van der Waals surface area contributed by atoms with Crippen LogP contribution in [0.15, 0.2) is 0 Å². The molecule has 0 spiro atoms. The number of nitrogens with one attached hydrogen (secondary N) is 1. The van der Waals surface area contributed by atoms with E-state index in [1.54, 1.807) is 0 Å². The summed E-state index contributed by atoms with van der Waals surface area (Å²) < 4.78 is 5.21. The molecule has 2 aliphatic rings. The Morgan fingerprint density at radius 3 is 2.33 bits per heavy atom. The molecule has 0 aromatic carbocycles. The molecule has 0 aromatic heterocycles. The predicted molar refractivity (Wildman–Crippen MR) is 65.1 cm³/mol. The van der Waals surface area contributed by atoms with Crippen molar-refractivity contribution in [2.45, 2.75) is 57.2 Å². The summed E-state index contributed by atoms with van der Waals surface area (Å²) in [7, 11) is 0. The van der Waals surface area contributed by atoms with Crippen LogP contribution in [0.1, 0.15) is 44.9 Å². The van der Waals surface area contributed by atoms with Crippen molar-refractivity contribution in [2.75, 3.05) is 6.54 Å². The van der Waals surface area contributed by atoms with E-state index in [0.717, 1.165) is 0 Å². The van der Waals surface area contributed by atoms with Crippen molar-refractivity contribution in [3.05, 3.63) is 0 Å². The molecule has 0 aromatic rings. The van der Waals surface area contributed by atoms with Gasteiger partial charge in [0.15, 0.2) is 6.10 Å². The monoisotopic (exact) mass is 255 g/mol. The van der Waals surface area contributed by atoms with Crippen LogP contribution in [0.4, 0.5) is 0 Å². The fraction of sp³-hybridized carbons (Fsp3) is 0.846. The molecule has 1 saturated heterocycles. The Hall–Kier alpha value is -1.10. The topological polar surface area (TPSA) is 75.6 Å². The molecule has 2 N–H and O–H groups in total. The number of carbonyl (C=O) groups excluding carboxylic acids is 1. The maximum absolute atomic E-state index is 11.8. The normalized spacial score (nSPS) is 29.1. The van der Waals surface area contributed by atoms with Crippen molar-refractivity contribution in [3.8, 4) is 0 Å². The maximum atomic E-state index is 11.8. The van der Waals surface area contributed by atoms with Gasteiger partial charge < -0.3 is 15.2 Å². The highest BCUT2D eigenvalue weighted by atomic mass is 16.5. The first-order chi connectivity index (χ1) is 8.66. The molecular weight excluding hydrogens is 234 g/mol. The average molecular weight is 255 g/mol. The number of rotatable bonds is 4. The lowest BCUT2D eigenvalue weighted by Gasteiger charge is -2.22. The van der Waals surface area contributed by atoms with Crippen LogP contribution in [0.25, 0.3) is 0 Å². The first-order valence-electron chi connectivity index (χ1n) is 6.83. The predicted octanol–water partition coefficient (Wildman–Crippen LogP) is 1.32. The fourth-order valence-corrected chi connectivity index (χ4v) is 2.76. The van der Waals surface area contributed by atoms with Crippen LogP contribution in [0.5, 0.6) is 0 Å². The standard InChI is InChI=1S/C13H21NO4/c15-12(10-6-7-11(18-10)13(16)17)14-8-9-4-2-1-3-5-9/h9-11H,1-8H2,(H,14,15)(H,16,17). The smallest absolute Gasteiger partial charge is 0.332 e. The van der Waals surface area contributed by atoms with E-state index in [0.29, 0.717) is 25.3 Å². The molecule has 0 radical (unpaired) electrons. The minimum absolute atomic E-state index is 0.149. The molecule has 2 atom stereocenters. The van der Waals surface area contributed by atoms with Crippen molar-refractivity contribution in [1.82, 2.24) is 5.32 Å². The van der Waals surface area contributed by atoms with Crippen LogP contribution >= 0.6 is 0 Å². The zero-order valence-corrected chi connectivity index (χ0v) is 10.6. The van der Waals surface area contributed by atoms with Gasteiger partial charge in [0, 0.05) is 6.54 Å². The van der Waals surface area contributed by atoms with E-state index in [-0.39, 0.29) is 5.91 Å². The quantitative estimate of drug-likeness (QED) is 0.794. The molecule has 1 aliphatic heterocycles. The molecule has 2 rings (SSSR count). The number of hydrogen-bond donors (Lipinski definition) is 2. The van der Waals surface area contributed by atoms with Gasteiger partial charge in [0.1, 0.15) is 6.10 Å². The Bertz CT molecular complexity index is 312. The third-order valence-electron chi connectivity index (χ3n) is 3.88. The maximum Gasteiger partial charge on any atom is 0.332 e. The number of ether oxygens (including phenoxy) is 1. The molecule has 102 valence electrons. The second-order valence-electron chi connectivity index (χ2n) is 5.28. The molecule has 5 heteroatoms. The lowest BCUT2D eigenvalue weighted by molar-refractivity contribution is -0.151. The highest BCUT2D eigenvalue weighted by molar-refractivity contribution is 5.82. The molecule has 2 unspecified atom stereocenters. The number of amides is 1. The zero-order valence-electron chi connectivity index (χ0n) is 10.6. The van der Waals surface area contributed by atoms with Gasteiger partial charge in [-0.1, -0.05) is 19.3 Å². The SMILES string of the molecule is O=C(O)C1CCC(C(=O)NCC2CCCCC2)O1. The average Bonchev–Trinajstić information content (AvgIpc) is 2.87. The van der Waals surface area contributed by atoms with E-state index in [9.17, 15) is 9.59 Å². The van der Waals surface area contributed by atoms with E-state index in [1.807, 2.05) is 0 Å². The first kappa shape index (κ1) is 13.3. The molecule has 18 heavy (non-hydrogen) atoms. The Kier molecular flexibility index (Phi) is 4.58. The highest BCUT2D eigenvalue weighted by Gasteiger charge is 2.34. The van der Waals surface area contributed by atoms with Crippen LogP contribution in [0.3, 0.4) is 0 Å². The Labute approximate surface area is 107 Å². The van der Waals surface area contributed by atoms with E-state index in [4.69, 9.17) is 9.84 Å². The first-order valence-corrected chi connectivity index (χ1v) is 6.83. The summed E-state index contributed by atoms with van der Waals surface area (Å²) >= 11 is 0. The van der Waals surface area contributed by atoms with Gasteiger partial charge in [-0.05, 0) is 31.6 Å². The van der Waals surface area contributed by atoms with Crippen molar-refractivity contribution < 1.29 is 19.4 Å². The van der Waals surface area contributed by atoms with Crippen molar-refractivity contribution in [1.29, 1.82) is 0 Å². The van der Waals surface area contributed by atoms with Crippen molar-refractivity contribution in [3.63, 3.8) is 0 Å². The number of aliphatic carboxylic acids is 1. The van der Waals surface area contributed by atoms with Gasteiger partial charge in [-0.15, -0.1) is 0 Å². The van der Waals surface area contributed by atoms with E-state index >= 15 is 0 Å². The molecule has 1 heterocycles. The summed E-state index contributed by atoms with van der Waals surface area (Å²) in [6, 6.07) is 0. The minimum atomic E-state index is -0.974. The van der Waals surface area contributed by atoms with E-state index in [1.165, 1.54) is 32.1 Å². The fourth-order valence-electron chi connectivity index (χ4n) is 2.76. The van der Waals surface area contributed by atoms with Crippen molar-refractivity contribution in [2.24, 2.45) is 5.92 Å². The summed E-state index contributed by atoms with van der Waals surface area (Å²) in [6.07, 6.45) is 5.72. The van der Waals surface area contributed by atoms with Gasteiger partial charge in [0.25, 0.3) is 0 Å². The van der Waals surface area contributed by atoms with Crippen molar-refractivity contribution >= 4 is 11.9 Å². The minimum Gasteiger partial charge on any atom is -0.479 e. The van der Waals surface area contributed by atoms with Gasteiger partial charge in [0.05, 0.1) is 0 Å². The van der Waals surface area contributed by atoms with Gasteiger partial charge in [-0.25, -0.2) is 4.79 Å². The Balaban J connectivity index is 1.70. The molecule has 0 bridgehead atoms. The highest BCUT2D eigenvalue weighted by Crippen LogP contribution is 2.23. The second-order valence-corrected chi connectivity index (χ2v) is 5.28. The Morgan fingerprint density at radius 2 is 1.72 bits per heavy atom. The van der Waals surface area contributed by atoms with Crippen LogP contribution in [-0.4, -0.2) is 35.7 Å². The summed E-state index contributed by atoms with van der Waals surface area (Å²) in [5, 5.41) is 11.7. The summed E-state index contributed by atoms with van der Waals surface area (Å²) in [5.41, 5.74) is 0. The van der Waals surface area contributed by atoms with Gasteiger partial charge in [0.2, 0.25) is 5.91 Å². The molecular formula is C13H21NO4. The van der Waals surface area contributed by atoms with Crippen LogP contribution < -0.4 is 5.32 Å². The summed E-state index contributed by atoms with van der Waals surface area (Å²) in [4.78, 5) is 22.5. The number of carbonyl (C=O) groups is 2. The number of carboxylic acids is 1. The van der Waals surface area contributed by atoms with Gasteiger partial charge in [-0.3, -0.25) is 4.79 Å². The largest absolute Gasteiger partial charge is 0.479 e. The lowest BCUT2D eigenvalue weighted by atomic mass is 9.89. The van der Waals surface area contributed by atoms with Crippen LogP contribution in [-0.2, 0) is 14.3 Å². The third kappa shape index (κ3) is 3.45. The summed E-state index contributed by atoms with van der Waals surface area (Å²) in [5.74, 6) is -0.540. The molecule has 5 nitrogen and oxygen atoms in total. The molecule has 1 aliphatic carbocycles. The lowest BCUT2D eigenvalue weighted by Crippen LogP contribution is -2.38. The second kappa shape index (κ2) is 6.18.